The fourth-order valence-corrected chi connectivity index (χ4v) is 5.11. The first-order chi connectivity index (χ1) is 16.5. The predicted molar refractivity (Wildman–Crippen MR) is 135 cm³/mol. The lowest BCUT2D eigenvalue weighted by atomic mass is 9.78. The third-order valence-electron chi connectivity index (χ3n) is 7.15. The van der Waals surface area contributed by atoms with Gasteiger partial charge in [-0.25, -0.2) is 0 Å². The number of carboxylic acids is 1. The third-order valence-corrected chi connectivity index (χ3v) is 7.15. The number of carbonyl (C=O) groups is 1. The van der Waals surface area contributed by atoms with Gasteiger partial charge in [0.05, 0.1) is 11.6 Å². The number of oxime groups is 1. The van der Waals surface area contributed by atoms with E-state index in [0.717, 1.165) is 60.1 Å². The molecular weight excluding hydrogens is 424 g/mol. The number of carboxylic acid groups (broad SMARTS) is 1. The van der Waals surface area contributed by atoms with Crippen LogP contribution in [-0.2, 0) is 11.2 Å². The predicted octanol–water partition coefficient (Wildman–Crippen LogP) is 6.53. The summed E-state index contributed by atoms with van der Waals surface area (Å²) in [7, 11) is 0. The van der Waals surface area contributed by atoms with Crippen LogP contribution in [0.25, 0.3) is 11.1 Å². The van der Waals surface area contributed by atoms with Crippen LogP contribution in [0.2, 0.25) is 0 Å². The Kier molecular flexibility index (Phi) is 7.41. The van der Waals surface area contributed by atoms with Crippen LogP contribution in [0.1, 0.15) is 66.0 Å². The molecule has 0 saturated heterocycles. The molecule has 1 heterocycles. The number of hydrogen-bond donors (Lipinski definition) is 2. The standard InChI is InChI=1S/C29H32N2O3/c1-19-18-25(16-17-30-19)26-4-3-5-27(20(26)2)28(31-34)15-8-21-6-9-22(10-7-21)23-11-13-24(14-12-23)29(32)33/h3-7,9-10,16-18,23-24,34H,8,11-15H2,1-2H3,(H,32,33)/b31-28+. The molecule has 0 aliphatic heterocycles. The van der Waals surface area contributed by atoms with Crippen molar-refractivity contribution in [3.05, 3.63) is 88.7 Å². The second-order valence-corrected chi connectivity index (χ2v) is 9.34. The third kappa shape index (κ3) is 5.36. The number of nitrogens with zero attached hydrogens (tertiary/aromatic N) is 2. The van der Waals surface area contributed by atoms with Gasteiger partial charge in [-0.3, -0.25) is 9.78 Å². The molecule has 34 heavy (non-hydrogen) atoms. The molecule has 1 fully saturated rings. The fraction of sp³-hybridized carbons (Fsp3) is 0.345. The SMILES string of the molecule is Cc1cc(-c2cccc(/C(CCc3ccc(C4CCC(C(=O)O)CC4)cc3)=N/O)c2C)ccn1. The van der Waals surface area contributed by atoms with Gasteiger partial charge in [0, 0.05) is 17.5 Å². The van der Waals surface area contributed by atoms with E-state index in [0.29, 0.717) is 18.1 Å². The van der Waals surface area contributed by atoms with E-state index in [2.05, 4.69) is 53.5 Å². The average molecular weight is 457 g/mol. The Labute approximate surface area is 201 Å². The molecule has 1 aliphatic rings. The van der Waals surface area contributed by atoms with Crippen LogP contribution in [0.3, 0.4) is 0 Å². The van der Waals surface area contributed by atoms with E-state index in [1.807, 2.05) is 31.3 Å². The minimum Gasteiger partial charge on any atom is -0.481 e. The number of rotatable bonds is 7. The monoisotopic (exact) mass is 456 g/mol. The molecule has 0 spiro atoms. The lowest BCUT2D eigenvalue weighted by molar-refractivity contribution is -0.142. The van der Waals surface area contributed by atoms with Gasteiger partial charge in [-0.2, -0.15) is 0 Å². The summed E-state index contributed by atoms with van der Waals surface area (Å²) in [4.78, 5) is 15.5. The number of aliphatic carboxylic acids is 1. The van der Waals surface area contributed by atoms with Gasteiger partial charge >= 0.3 is 5.97 Å². The summed E-state index contributed by atoms with van der Waals surface area (Å²) < 4.78 is 0. The van der Waals surface area contributed by atoms with E-state index in [-0.39, 0.29) is 5.92 Å². The van der Waals surface area contributed by atoms with Crippen molar-refractivity contribution in [2.75, 3.05) is 0 Å². The van der Waals surface area contributed by atoms with Crippen molar-refractivity contribution in [3.8, 4) is 11.1 Å². The summed E-state index contributed by atoms with van der Waals surface area (Å²) in [5.41, 5.74) is 8.41. The van der Waals surface area contributed by atoms with E-state index >= 15 is 0 Å². The molecule has 0 unspecified atom stereocenters. The summed E-state index contributed by atoms with van der Waals surface area (Å²) in [5, 5.41) is 22.7. The summed E-state index contributed by atoms with van der Waals surface area (Å²) in [6.45, 7) is 4.05. The van der Waals surface area contributed by atoms with Crippen molar-refractivity contribution in [1.82, 2.24) is 4.98 Å². The zero-order chi connectivity index (χ0) is 24.1. The minimum absolute atomic E-state index is 0.184. The molecular formula is C29H32N2O3. The number of pyridine rings is 1. The molecule has 5 nitrogen and oxygen atoms in total. The quantitative estimate of drug-likeness (QED) is 0.240. The topological polar surface area (TPSA) is 82.8 Å². The highest BCUT2D eigenvalue weighted by molar-refractivity contribution is 6.02. The van der Waals surface area contributed by atoms with Gasteiger partial charge in [0.1, 0.15) is 0 Å². The fourth-order valence-electron chi connectivity index (χ4n) is 5.11. The van der Waals surface area contributed by atoms with E-state index in [1.165, 1.54) is 11.1 Å². The summed E-state index contributed by atoms with van der Waals surface area (Å²) >= 11 is 0. The second kappa shape index (κ2) is 10.6. The van der Waals surface area contributed by atoms with Crippen molar-refractivity contribution in [2.45, 2.75) is 58.3 Å². The van der Waals surface area contributed by atoms with Gasteiger partial charge in [-0.15, -0.1) is 0 Å². The molecule has 1 aromatic heterocycles. The van der Waals surface area contributed by atoms with Crippen molar-refractivity contribution in [1.29, 1.82) is 0 Å². The zero-order valence-corrected chi connectivity index (χ0v) is 19.9. The Morgan fingerprint density at radius 2 is 1.76 bits per heavy atom. The molecule has 5 heteroatoms. The Balaban J connectivity index is 1.42. The highest BCUT2D eigenvalue weighted by Crippen LogP contribution is 2.36. The van der Waals surface area contributed by atoms with Gasteiger partial charge in [0.25, 0.3) is 0 Å². The van der Waals surface area contributed by atoms with Crippen molar-refractivity contribution in [3.63, 3.8) is 0 Å². The van der Waals surface area contributed by atoms with Gasteiger partial charge in [0.15, 0.2) is 0 Å². The van der Waals surface area contributed by atoms with Gasteiger partial charge in [0.2, 0.25) is 0 Å². The Morgan fingerprint density at radius 1 is 1.03 bits per heavy atom. The van der Waals surface area contributed by atoms with Crippen LogP contribution in [0, 0.1) is 19.8 Å². The van der Waals surface area contributed by atoms with E-state index in [4.69, 9.17) is 0 Å². The maximum atomic E-state index is 11.2. The van der Waals surface area contributed by atoms with Crippen molar-refractivity contribution >= 4 is 11.7 Å². The average Bonchev–Trinajstić information content (AvgIpc) is 2.85. The van der Waals surface area contributed by atoms with Crippen LogP contribution in [0.4, 0.5) is 0 Å². The molecule has 4 rings (SSSR count). The first-order valence-electron chi connectivity index (χ1n) is 12.0. The maximum Gasteiger partial charge on any atom is 0.306 e. The van der Waals surface area contributed by atoms with Crippen LogP contribution >= 0.6 is 0 Å². The zero-order valence-electron chi connectivity index (χ0n) is 19.9. The number of aromatic nitrogens is 1. The highest BCUT2D eigenvalue weighted by atomic mass is 16.4. The lowest BCUT2D eigenvalue weighted by Crippen LogP contribution is -2.20. The molecule has 3 aromatic rings. The molecule has 2 aromatic carbocycles. The van der Waals surface area contributed by atoms with Crippen molar-refractivity contribution < 1.29 is 15.1 Å². The highest BCUT2D eigenvalue weighted by Gasteiger charge is 2.26. The summed E-state index contributed by atoms with van der Waals surface area (Å²) in [6, 6.07) is 18.8. The van der Waals surface area contributed by atoms with Crippen LogP contribution in [0.15, 0.2) is 65.9 Å². The Bertz CT molecular complexity index is 1180. The van der Waals surface area contributed by atoms with E-state index in [1.54, 1.807) is 0 Å². The van der Waals surface area contributed by atoms with E-state index < -0.39 is 5.97 Å². The number of hydrogen-bond acceptors (Lipinski definition) is 4. The van der Waals surface area contributed by atoms with Crippen LogP contribution in [0.5, 0.6) is 0 Å². The number of benzene rings is 2. The largest absolute Gasteiger partial charge is 0.481 e. The van der Waals surface area contributed by atoms with Gasteiger partial charge in [-0.1, -0.05) is 47.6 Å². The minimum atomic E-state index is -0.660. The first-order valence-corrected chi connectivity index (χ1v) is 12.0. The van der Waals surface area contributed by atoms with Crippen molar-refractivity contribution in [2.24, 2.45) is 11.1 Å². The van der Waals surface area contributed by atoms with Gasteiger partial charge in [-0.05, 0) is 98.2 Å². The molecule has 0 atom stereocenters. The molecule has 0 amide bonds. The van der Waals surface area contributed by atoms with Crippen LogP contribution < -0.4 is 0 Å². The molecule has 0 radical (unpaired) electrons. The Morgan fingerprint density at radius 3 is 2.41 bits per heavy atom. The number of aryl methyl sites for hydroxylation is 2. The molecule has 1 saturated carbocycles. The molecule has 1 aliphatic carbocycles. The molecule has 176 valence electrons. The van der Waals surface area contributed by atoms with Gasteiger partial charge < -0.3 is 10.3 Å². The van der Waals surface area contributed by atoms with Crippen LogP contribution in [-0.4, -0.2) is 27.0 Å². The normalized spacial score (nSPS) is 18.6. The summed E-state index contributed by atoms with van der Waals surface area (Å²) in [5.74, 6) is -0.399. The Hall–Kier alpha value is -3.47. The van der Waals surface area contributed by atoms with E-state index in [9.17, 15) is 15.1 Å². The summed E-state index contributed by atoms with van der Waals surface area (Å²) in [6.07, 6.45) is 6.63. The second-order valence-electron chi connectivity index (χ2n) is 9.34. The molecule has 0 bridgehead atoms. The smallest absolute Gasteiger partial charge is 0.306 e. The molecule has 2 N–H and O–H groups in total. The first kappa shape index (κ1) is 23.7. The lowest BCUT2D eigenvalue weighted by Gasteiger charge is -2.26. The maximum absolute atomic E-state index is 11.2.